The number of piperazine rings is 1. The summed E-state index contributed by atoms with van der Waals surface area (Å²) in [6, 6.07) is 7.54. The zero-order valence-electron chi connectivity index (χ0n) is 21.2. The average molecular weight is 462 g/mol. The van der Waals surface area contributed by atoms with Gasteiger partial charge in [0.05, 0.1) is 0 Å². The predicted octanol–water partition coefficient (Wildman–Crippen LogP) is 6.95. The molecule has 1 saturated carbocycles. The van der Waals surface area contributed by atoms with E-state index in [-0.39, 0.29) is 12.4 Å². The molecule has 0 atom stereocenters. The van der Waals surface area contributed by atoms with E-state index in [1.165, 1.54) is 103 Å². The van der Waals surface area contributed by atoms with Crippen LogP contribution >= 0.6 is 12.4 Å². The Morgan fingerprint density at radius 2 is 1.47 bits per heavy atom. The largest absolute Gasteiger partial charge is 0.372 e. The molecule has 3 aliphatic rings. The molecule has 0 spiro atoms. The van der Waals surface area contributed by atoms with Crippen molar-refractivity contribution in [2.45, 2.75) is 85.0 Å². The van der Waals surface area contributed by atoms with Gasteiger partial charge in [-0.3, -0.25) is 4.90 Å². The fourth-order valence-corrected chi connectivity index (χ4v) is 6.30. The molecule has 1 aromatic rings. The molecule has 2 saturated heterocycles. The second kappa shape index (κ2) is 11.5. The molecule has 0 aromatic heterocycles. The minimum absolute atomic E-state index is 0. The van der Waals surface area contributed by atoms with Crippen molar-refractivity contribution in [2.75, 3.05) is 55.6 Å². The lowest BCUT2D eigenvalue weighted by Gasteiger charge is -2.41. The van der Waals surface area contributed by atoms with Crippen LogP contribution in [0.3, 0.4) is 0 Å². The topological polar surface area (TPSA) is 9.72 Å². The normalized spacial score (nSPS) is 25.5. The molecular weight excluding hydrogens is 414 g/mol. The molecule has 0 bridgehead atoms. The molecule has 1 aromatic carbocycles. The van der Waals surface area contributed by atoms with E-state index in [0.29, 0.717) is 5.41 Å². The lowest BCUT2D eigenvalue weighted by Crippen LogP contribution is -2.47. The minimum Gasteiger partial charge on any atom is -0.372 e. The third-order valence-corrected chi connectivity index (χ3v) is 8.38. The van der Waals surface area contributed by atoms with Gasteiger partial charge in [-0.15, -0.1) is 12.4 Å². The van der Waals surface area contributed by atoms with E-state index in [2.05, 4.69) is 60.6 Å². The third-order valence-electron chi connectivity index (χ3n) is 8.38. The molecule has 0 unspecified atom stereocenters. The summed E-state index contributed by atoms with van der Waals surface area (Å²) in [6.07, 6.45) is 10.9. The number of rotatable bonds is 5. The minimum atomic E-state index is 0. The Bertz CT molecular complexity index is 691. The molecule has 32 heavy (non-hydrogen) atoms. The highest BCUT2D eigenvalue weighted by Crippen LogP contribution is 2.46. The zero-order valence-corrected chi connectivity index (χ0v) is 22.1. The Morgan fingerprint density at radius 3 is 2.06 bits per heavy atom. The first-order valence-corrected chi connectivity index (χ1v) is 13.3. The Balaban J connectivity index is 0.00000289. The molecule has 3 fully saturated rings. The van der Waals surface area contributed by atoms with Gasteiger partial charge in [-0.2, -0.15) is 0 Å². The smallest absolute Gasteiger partial charge is 0.0404 e. The van der Waals surface area contributed by atoms with Crippen molar-refractivity contribution in [2.24, 2.45) is 11.3 Å². The summed E-state index contributed by atoms with van der Waals surface area (Å²) in [4.78, 5) is 8.00. The van der Waals surface area contributed by atoms with Gasteiger partial charge in [0.25, 0.3) is 0 Å². The Labute approximate surface area is 204 Å². The van der Waals surface area contributed by atoms with Crippen LogP contribution in [-0.4, -0.2) is 50.7 Å². The molecule has 2 aliphatic heterocycles. The molecule has 3 nitrogen and oxygen atoms in total. The third kappa shape index (κ3) is 6.14. The lowest BCUT2D eigenvalue weighted by atomic mass is 9.68. The maximum Gasteiger partial charge on any atom is 0.0404 e. The molecule has 4 heteroatoms. The van der Waals surface area contributed by atoms with Crippen LogP contribution in [0.5, 0.6) is 0 Å². The van der Waals surface area contributed by atoms with E-state index < -0.39 is 0 Å². The van der Waals surface area contributed by atoms with Crippen LogP contribution in [0.25, 0.3) is 0 Å². The molecule has 4 rings (SSSR count). The summed E-state index contributed by atoms with van der Waals surface area (Å²) in [7, 11) is 0. The fraction of sp³-hybridized carbons (Fsp3) is 0.786. The number of piperidine rings is 1. The molecule has 1 aliphatic carbocycles. The van der Waals surface area contributed by atoms with Crippen LogP contribution in [0.1, 0.15) is 90.5 Å². The van der Waals surface area contributed by atoms with Crippen molar-refractivity contribution in [3.05, 3.63) is 23.8 Å². The van der Waals surface area contributed by atoms with Crippen LogP contribution in [0, 0.1) is 11.3 Å². The quantitative estimate of drug-likeness (QED) is 0.469. The van der Waals surface area contributed by atoms with Crippen LogP contribution in [0.15, 0.2) is 18.2 Å². The molecule has 0 radical (unpaired) electrons. The zero-order chi connectivity index (χ0) is 21.8. The number of nitrogens with zero attached hydrogens (tertiary/aromatic N) is 3. The van der Waals surface area contributed by atoms with Gasteiger partial charge in [0.15, 0.2) is 0 Å². The first-order valence-electron chi connectivity index (χ1n) is 13.3. The van der Waals surface area contributed by atoms with Crippen LogP contribution in [0.4, 0.5) is 11.4 Å². The Morgan fingerprint density at radius 1 is 0.812 bits per heavy atom. The summed E-state index contributed by atoms with van der Waals surface area (Å²) in [6.45, 7) is 18.2. The standard InChI is InChI=1S/C28H47N3.ClH/c1-5-15-29-18-20-31(21-19-29)27-14-13-25(30-16-7-6-8-17-30)22-26(27)23-9-11-24(12-10-23)28(2,3)4;/h13-14,22-24H,5-12,15-21H2,1-4H3;1H. The summed E-state index contributed by atoms with van der Waals surface area (Å²) in [5.74, 6) is 1.63. The van der Waals surface area contributed by atoms with E-state index in [0.717, 1.165) is 11.8 Å². The SMILES string of the molecule is CCCN1CCN(c2ccc(N3CCCCC3)cc2C2CCC(C(C)(C)C)CC2)CC1.Cl. The van der Waals surface area contributed by atoms with Gasteiger partial charge in [-0.1, -0.05) is 27.7 Å². The maximum absolute atomic E-state index is 2.71. The molecule has 0 N–H and O–H groups in total. The van der Waals surface area contributed by atoms with Gasteiger partial charge in [0.2, 0.25) is 0 Å². The van der Waals surface area contributed by atoms with E-state index >= 15 is 0 Å². The first-order chi connectivity index (χ1) is 15.0. The van der Waals surface area contributed by atoms with Gasteiger partial charge >= 0.3 is 0 Å². The van der Waals surface area contributed by atoms with Crippen molar-refractivity contribution in [3.63, 3.8) is 0 Å². The van der Waals surface area contributed by atoms with Crippen molar-refractivity contribution >= 4 is 23.8 Å². The van der Waals surface area contributed by atoms with Crippen molar-refractivity contribution in [1.82, 2.24) is 4.90 Å². The van der Waals surface area contributed by atoms with Gasteiger partial charge in [0.1, 0.15) is 0 Å². The van der Waals surface area contributed by atoms with E-state index in [4.69, 9.17) is 0 Å². The van der Waals surface area contributed by atoms with E-state index in [1.54, 1.807) is 11.3 Å². The highest BCUT2D eigenvalue weighted by atomic mass is 35.5. The van der Waals surface area contributed by atoms with Gasteiger partial charge in [-0.05, 0) is 98.9 Å². The fourth-order valence-electron chi connectivity index (χ4n) is 6.30. The number of benzene rings is 1. The summed E-state index contributed by atoms with van der Waals surface area (Å²) < 4.78 is 0. The van der Waals surface area contributed by atoms with Crippen LogP contribution in [0.2, 0.25) is 0 Å². The summed E-state index contributed by atoms with van der Waals surface area (Å²) in [5.41, 5.74) is 5.16. The number of hydrogen-bond donors (Lipinski definition) is 0. The Hall–Kier alpha value is -0.930. The van der Waals surface area contributed by atoms with E-state index in [9.17, 15) is 0 Å². The number of anilines is 2. The van der Waals surface area contributed by atoms with Crippen LogP contribution < -0.4 is 9.80 Å². The lowest BCUT2D eigenvalue weighted by molar-refractivity contribution is 0.169. The van der Waals surface area contributed by atoms with Gasteiger partial charge in [-0.25, -0.2) is 0 Å². The van der Waals surface area contributed by atoms with Crippen molar-refractivity contribution in [3.8, 4) is 0 Å². The van der Waals surface area contributed by atoms with Crippen LogP contribution in [-0.2, 0) is 0 Å². The maximum atomic E-state index is 2.71. The molecule has 2 heterocycles. The molecule has 182 valence electrons. The second-order valence-corrected chi connectivity index (χ2v) is 11.5. The second-order valence-electron chi connectivity index (χ2n) is 11.5. The summed E-state index contributed by atoms with van der Waals surface area (Å²) in [5, 5.41) is 0. The van der Waals surface area contributed by atoms with Gasteiger partial charge in [0, 0.05) is 50.6 Å². The van der Waals surface area contributed by atoms with E-state index in [1.807, 2.05) is 0 Å². The predicted molar refractivity (Wildman–Crippen MR) is 143 cm³/mol. The number of halogens is 1. The molecule has 0 amide bonds. The van der Waals surface area contributed by atoms with Crippen molar-refractivity contribution in [1.29, 1.82) is 0 Å². The van der Waals surface area contributed by atoms with Gasteiger partial charge < -0.3 is 9.80 Å². The summed E-state index contributed by atoms with van der Waals surface area (Å²) >= 11 is 0. The first kappa shape index (κ1) is 25.7. The van der Waals surface area contributed by atoms with Crippen molar-refractivity contribution < 1.29 is 0 Å². The molecular formula is C28H48ClN3. The average Bonchev–Trinajstić information content (AvgIpc) is 2.80. The monoisotopic (exact) mass is 461 g/mol. The highest BCUT2D eigenvalue weighted by Gasteiger charge is 2.32. The highest BCUT2D eigenvalue weighted by molar-refractivity contribution is 5.85. The number of hydrogen-bond acceptors (Lipinski definition) is 3. The Kier molecular flexibility index (Phi) is 9.21.